The Hall–Kier alpha value is -2.84. The van der Waals surface area contributed by atoms with Crippen molar-refractivity contribution >= 4 is 45.0 Å². The lowest BCUT2D eigenvalue weighted by Crippen LogP contribution is -2.15. The lowest BCUT2D eigenvalue weighted by atomic mass is 10.0. The zero-order valence-electron chi connectivity index (χ0n) is 14.9. The van der Waals surface area contributed by atoms with Gasteiger partial charge in [0, 0.05) is 5.56 Å². The van der Waals surface area contributed by atoms with Crippen molar-refractivity contribution in [3.63, 3.8) is 0 Å². The molecule has 140 valence electrons. The zero-order chi connectivity index (χ0) is 19.3. The van der Waals surface area contributed by atoms with Crippen molar-refractivity contribution in [3.05, 3.63) is 65.4 Å². The normalized spacial score (nSPS) is 16.6. The first-order valence-corrected chi connectivity index (χ1v) is 10.6. The van der Waals surface area contributed by atoms with Crippen LogP contribution in [0.1, 0.15) is 22.1 Å². The Kier molecular flexibility index (Phi) is 4.10. The summed E-state index contributed by atoms with van der Waals surface area (Å²) in [6, 6.07) is 15.1. The van der Waals surface area contributed by atoms with Crippen molar-refractivity contribution in [1.82, 2.24) is 14.8 Å². The number of rotatable bonds is 2. The molecule has 2 N–H and O–H groups in total. The van der Waals surface area contributed by atoms with Gasteiger partial charge in [0.05, 0.1) is 26.9 Å². The van der Waals surface area contributed by atoms with Crippen molar-refractivity contribution in [1.29, 1.82) is 0 Å². The molecule has 1 amide bonds. The summed E-state index contributed by atoms with van der Waals surface area (Å²) in [5.74, 6) is 1.12. The van der Waals surface area contributed by atoms with E-state index in [4.69, 9.17) is 10.1 Å². The van der Waals surface area contributed by atoms with E-state index >= 15 is 0 Å². The SMILES string of the molecule is Cc1nn(-c2nc3ccccc3s2)c2c1C(c1cccc(O)c1)SCC(=O)N2. The van der Waals surface area contributed by atoms with E-state index in [1.54, 1.807) is 16.8 Å². The number of para-hydroxylation sites is 1. The fourth-order valence-corrected chi connectivity index (χ4v) is 5.53. The Morgan fingerprint density at radius 2 is 2.07 bits per heavy atom. The van der Waals surface area contributed by atoms with Crippen LogP contribution in [-0.4, -0.2) is 31.5 Å². The number of nitrogens with one attached hydrogen (secondary N) is 1. The van der Waals surface area contributed by atoms with Gasteiger partial charge in [0.25, 0.3) is 0 Å². The smallest absolute Gasteiger partial charge is 0.235 e. The van der Waals surface area contributed by atoms with Crippen molar-refractivity contribution in [2.24, 2.45) is 0 Å². The number of thiazole rings is 1. The van der Waals surface area contributed by atoms with E-state index in [0.29, 0.717) is 16.7 Å². The highest BCUT2D eigenvalue weighted by molar-refractivity contribution is 8.00. The van der Waals surface area contributed by atoms with Crippen LogP contribution in [-0.2, 0) is 4.79 Å². The second-order valence-electron chi connectivity index (χ2n) is 6.56. The Bertz CT molecular complexity index is 1180. The Morgan fingerprint density at radius 3 is 2.89 bits per heavy atom. The number of amides is 1. The molecule has 4 aromatic rings. The number of carbonyl (C=O) groups is 1. The van der Waals surface area contributed by atoms with Gasteiger partial charge in [-0.05, 0) is 36.8 Å². The minimum atomic E-state index is -0.107. The number of aromatic nitrogens is 3. The number of carbonyl (C=O) groups excluding carboxylic acids is 1. The van der Waals surface area contributed by atoms with E-state index in [0.717, 1.165) is 27.0 Å². The summed E-state index contributed by atoms with van der Waals surface area (Å²) in [4.78, 5) is 17.1. The van der Waals surface area contributed by atoms with Gasteiger partial charge in [0.15, 0.2) is 0 Å². The third-order valence-electron chi connectivity index (χ3n) is 4.64. The van der Waals surface area contributed by atoms with Crippen LogP contribution in [0.2, 0.25) is 0 Å². The largest absolute Gasteiger partial charge is 0.508 e. The van der Waals surface area contributed by atoms with Crippen molar-refractivity contribution in [3.8, 4) is 10.9 Å². The highest BCUT2D eigenvalue weighted by Gasteiger charge is 2.31. The lowest BCUT2D eigenvalue weighted by molar-refractivity contribution is -0.113. The first-order chi connectivity index (χ1) is 13.6. The molecule has 2 aromatic carbocycles. The number of fused-ring (bicyclic) bond motifs is 2. The summed E-state index contributed by atoms with van der Waals surface area (Å²) in [6.07, 6.45) is 0. The molecule has 1 aliphatic rings. The summed E-state index contributed by atoms with van der Waals surface area (Å²) in [7, 11) is 0. The maximum absolute atomic E-state index is 12.4. The van der Waals surface area contributed by atoms with Crippen LogP contribution in [0.3, 0.4) is 0 Å². The Morgan fingerprint density at radius 1 is 1.21 bits per heavy atom. The molecule has 0 saturated heterocycles. The van der Waals surface area contributed by atoms with E-state index in [9.17, 15) is 9.90 Å². The maximum Gasteiger partial charge on any atom is 0.235 e. The highest BCUT2D eigenvalue weighted by Crippen LogP contribution is 2.44. The number of phenols is 1. The van der Waals surface area contributed by atoms with Crippen LogP contribution in [0.4, 0.5) is 5.82 Å². The molecular formula is C20H16N4O2S2. The van der Waals surface area contributed by atoms with Crippen molar-refractivity contribution in [2.75, 3.05) is 11.1 Å². The average Bonchev–Trinajstić information content (AvgIpc) is 3.18. The Labute approximate surface area is 169 Å². The number of nitrogens with zero attached hydrogens (tertiary/aromatic N) is 3. The summed E-state index contributed by atoms with van der Waals surface area (Å²) in [6.45, 7) is 1.94. The monoisotopic (exact) mass is 408 g/mol. The van der Waals surface area contributed by atoms with Crippen molar-refractivity contribution in [2.45, 2.75) is 12.2 Å². The predicted molar refractivity (Wildman–Crippen MR) is 113 cm³/mol. The van der Waals surface area contributed by atoms with Crippen LogP contribution in [0, 0.1) is 6.92 Å². The zero-order valence-corrected chi connectivity index (χ0v) is 16.5. The topological polar surface area (TPSA) is 80.0 Å². The van der Waals surface area contributed by atoms with Gasteiger partial charge in [-0.2, -0.15) is 9.78 Å². The first-order valence-electron chi connectivity index (χ1n) is 8.76. The molecule has 6 nitrogen and oxygen atoms in total. The molecule has 5 rings (SSSR count). The number of aryl methyl sites for hydroxylation is 1. The van der Waals surface area contributed by atoms with Crippen LogP contribution >= 0.6 is 23.1 Å². The van der Waals surface area contributed by atoms with Crippen LogP contribution in [0.15, 0.2) is 48.5 Å². The standard InChI is InChI=1S/C20H16N4O2S2/c1-11-17-18(12-5-4-6-13(25)9-12)27-10-16(26)22-19(17)24(23-11)20-21-14-7-2-3-8-15(14)28-20/h2-9,18,25H,10H2,1H3,(H,22,26). The summed E-state index contributed by atoms with van der Waals surface area (Å²) in [5.41, 5.74) is 3.62. The van der Waals surface area contributed by atoms with Crippen LogP contribution in [0.5, 0.6) is 5.75 Å². The van der Waals surface area contributed by atoms with Crippen molar-refractivity contribution < 1.29 is 9.90 Å². The summed E-state index contributed by atoms with van der Waals surface area (Å²) < 4.78 is 2.80. The molecule has 1 aliphatic heterocycles. The first kappa shape index (κ1) is 17.3. The second kappa shape index (κ2) is 6.65. The number of phenolic OH excluding ortho intramolecular Hbond substituents is 1. The third kappa shape index (κ3) is 2.85. The fourth-order valence-electron chi connectivity index (χ4n) is 3.42. The minimum absolute atomic E-state index is 0.0730. The van der Waals surface area contributed by atoms with Crippen LogP contribution in [0.25, 0.3) is 15.3 Å². The summed E-state index contributed by atoms with van der Waals surface area (Å²) >= 11 is 3.07. The van der Waals surface area contributed by atoms with Gasteiger partial charge >= 0.3 is 0 Å². The molecule has 0 fully saturated rings. The van der Waals surface area contributed by atoms with Gasteiger partial charge in [0.2, 0.25) is 11.0 Å². The molecule has 28 heavy (non-hydrogen) atoms. The molecule has 1 unspecified atom stereocenters. The minimum Gasteiger partial charge on any atom is -0.508 e. The van der Waals surface area contributed by atoms with E-state index in [2.05, 4.69) is 5.32 Å². The molecule has 0 radical (unpaired) electrons. The molecule has 0 aliphatic carbocycles. The molecule has 0 bridgehead atoms. The number of benzene rings is 2. The number of anilines is 1. The molecule has 8 heteroatoms. The number of thioether (sulfide) groups is 1. The van der Waals surface area contributed by atoms with Crippen LogP contribution < -0.4 is 5.32 Å². The molecule has 2 aromatic heterocycles. The lowest BCUT2D eigenvalue weighted by Gasteiger charge is -2.15. The predicted octanol–water partition coefficient (Wildman–Crippen LogP) is 4.27. The van der Waals surface area contributed by atoms with Gasteiger partial charge in [0.1, 0.15) is 11.6 Å². The Balaban J connectivity index is 1.70. The number of aromatic hydroxyl groups is 1. The maximum atomic E-state index is 12.4. The molecule has 0 saturated carbocycles. The third-order valence-corrected chi connectivity index (χ3v) is 6.93. The van der Waals surface area contributed by atoms with E-state index in [-0.39, 0.29) is 16.9 Å². The molecular weight excluding hydrogens is 392 g/mol. The second-order valence-corrected chi connectivity index (χ2v) is 8.66. The van der Waals surface area contributed by atoms with E-state index < -0.39 is 0 Å². The van der Waals surface area contributed by atoms with Gasteiger partial charge in [-0.15, -0.1) is 11.8 Å². The van der Waals surface area contributed by atoms with Gasteiger partial charge < -0.3 is 10.4 Å². The quantitative estimate of drug-likeness (QED) is 0.518. The van der Waals surface area contributed by atoms with E-state index in [1.165, 1.54) is 23.1 Å². The molecule has 1 atom stereocenters. The van der Waals surface area contributed by atoms with Gasteiger partial charge in [-0.3, -0.25) is 4.79 Å². The van der Waals surface area contributed by atoms with Gasteiger partial charge in [-0.25, -0.2) is 4.98 Å². The molecule has 0 spiro atoms. The number of hydrogen-bond donors (Lipinski definition) is 2. The fraction of sp³-hybridized carbons (Fsp3) is 0.150. The number of hydrogen-bond acceptors (Lipinski definition) is 6. The van der Waals surface area contributed by atoms with E-state index in [1.807, 2.05) is 43.3 Å². The van der Waals surface area contributed by atoms with Gasteiger partial charge in [-0.1, -0.05) is 35.6 Å². The molecule has 3 heterocycles. The summed E-state index contributed by atoms with van der Waals surface area (Å²) in [5, 5.41) is 18.3. The highest BCUT2D eigenvalue weighted by atomic mass is 32.2. The average molecular weight is 409 g/mol.